The van der Waals surface area contributed by atoms with E-state index >= 15 is 0 Å². The van der Waals surface area contributed by atoms with Crippen LogP contribution in [0.1, 0.15) is 82.7 Å². The average molecular weight is 626 g/mol. The van der Waals surface area contributed by atoms with Crippen molar-refractivity contribution in [3.05, 3.63) is 65.1 Å². The van der Waals surface area contributed by atoms with Crippen molar-refractivity contribution < 1.29 is 13.2 Å². The Morgan fingerprint density at radius 1 is 1.04 bits per heavy atom. The Hall–Kier alpha value is -4.89. The fourth-order valence-electron chi connectivity index (χ4n) is 6.29. The molecule has 9 nitrogen and oxygen atoms in total. The molecule has 236 valence electrons. The third-order valence-electron chi connectivity index (χ3n) is 9.40. The number of nitrogens with one attached hydrogen (secondary N) is 2. The van der Waals surface area contributed by atoms with Crippen LogP contribution < -0.4 is 10.6 Å². The Bertz CT molecular complexity index is 1900. The second-order valence-corrected chi connectivity index (χ2v) is 14.2. The number of aromatic nitrogens is 4. The van der Waals surface area contributed by atoms with E-state index in [4.69, 9.17) is 0 Å². The van der Waals surface area contributed by atoms with E-state index in [2.05, 4.69) is 64.9 Å². The van der Waals surface area contributed by atoms with Crippen LogP contribution in [0.15, 0.2) is 48.3 Å². The predicted octanol–water partition coefficient (Wildman–Crippen LogP) is 7.43. The standard InChI is InChI=1S/C34H34F3N9/c1-30(2,3)20-42-28-22(16-39)17-41-27-21(15-38)12-24(13-25(27)28)43-29(26-18-46(45-44-26)33(10-11-33)34(35,36)37)31(4)7-5-6-23(14-31)32(19-40)8-9-32/h5-7,12-13,17-18,29,43H,8-11,14,20H2,1-4H3,(H,41,42)/t29-,31?/m1/s1. The number of anilines is 2. The molecule has 2 heterocycles. The monoisotopic (exact) mass is 625 g/mol. The summed E-state index contributed by atoms with van der Waals surface area (Å²) < 4.78 is 43.1. The van der Waals surface area contributed by atoms with E-state index in [0.29, 0.717) is 46.5 Å². The fraction of sp³-hybridized carbons (Fsp3) is 0.471. The third kappa shape index (κ3) is 5.34. The highest BCUT2D eigenvalue weighted by Crippen LogP contribution is 2.58. The number of hydrogen-bond acceptors (Lipinski definition) is 8. The maximum atomic E-state index is 14.0. The van der Waals surface area contributed by atoms with Gasteiger partial charge in [-0.15, -0.1) is 5.10 Å². The normalized spacial score (nSPS) is 21.8. The van der Waals surface area contributed by atoms with Crippen LogP contribution in [-0.4, -0.2) is 32.7 Å². The highest BCUT2D eigenvalue weighted by molar-refractivity contribution is 5.99. The molecule has 12 heteroatoms. The van der Waals surface area contributed by atoms with Crippen LogP contribution in [0.3, 0.4) is 0 Å². The number of benzene rings is 1. The zero-order valence-corrected chi connectivity index (χ0v) is 26.1. The van der Waals surface area contributed by atoms with Gasteiger partial charge in [0.2, 0.25) is 0 Å². The summed E-state index contributed by atoms with van der Waals surface area (Å²) in [6.07, 6.45) is 6.03. The Kier molecular flexibility index (Phi) is 7.16. The highest BCUT2D eigenvalue weighted by atomic mass is 19.4. The van der Waals surface area contributed by atoms with Gasteiger partial charge in [-0.1, -0.05) is 51.1 Å². The van der Waals surface area contributed by atoms with Gasteiger partial charge in [0.05, 0.1) is 46.1 Å². The van der Waals surface area contributed by atoms with Gasteiger partial charge in [-0.05, 0) is 55.2 Å². The van der Waals surface area contributed by atoms with Crippen molar-refractivity contribution in [3.63, 3.8) is 0 Å². The molecule has 46 heavy (non-hydrogen) atoms. The molecule has 0 bridgehead atoms. The third-order valence-corrected chi connectivity index (χ3v) is 9.40. The summed E-state index contributed by atoms with van der Waals surface area (Å²) in [5.74, 6) is 0. The fourth-order valence-corrected chi connectivity index (χ4v) is 6.29. The molecule has 3 aliphatic carbocycles. The zero-order chi connectivity index (χ0) is 33.1. The second kappa shape index (κ2) is 10.6. The van der Waals surface area contributed by atoms with Gasteiger partial charge in [-0.3, -0.25) is 4.98 Å². The van der Waals surface area contributed by atoms with Gasteiger partial charge in [-0.25, -0.2) is 4.68 Å². The van der Waals surface area contributed by atoms with Crippen molar-refractivity contribution in [3.8, 4) is 18.2 Å². The van der Waals surface area contributed by atoms with Crippen LogP contribution in [0.25, 0.3) is 10.9 Å². The topological polar surface area (TPSA) is 139 Å². The van der Waals surface area contributed by atoms with Crippen LogP contribution in [0, 0.1) is 50.2 Å². The molecule has 0 aliphatic heterocycles. The molecule has 2 N–H and O–H groups in total. The van der Waals surface area contributed by atoms with E-state index in [1.807, 2.05) is 25.2 Å². The maximum absolute atomic E-state index is 14.0. The molecule has 1 unspecified atom stereocenters. The van der Waals surface area contributed by atoms with Crippen molar-refractivity contribution in [2.24, 2.45) is 16.2 Å². The Morgan fingerprint density at radius 3 is 2.35 bits per heavy atom. The molecular weight excluding hydrogens is 591 g/mol. The summed E-state index contributed by atoms with van der Waals surface area (Å²) in [6.45, 7) is 8.71. The van der Waals surface area contributed by atoms with Gasteiger partial charge in [0.25, 0.3) is 0 Å². The summed E-state index contributed by atoms with van der Waals surface area (Å²) in [4.78, 5) is 4.43. The number of nitrogens with zero attached hydrogens (tertiary/aromatic N) is 7. The van der Waals surface area contributed by atoms with E-state index in [0.717, 1.165) is 23.1 Å². The highest BCUT2D eigenvalue weighted by Gasteiger charge is 2.66. The lowest BCUT2D eigenvalue weighted by Gasteiger charge is -2.38. The number of hydrogen-bond donors (Lipinski definition) is 2. The lowest BCUT2D eigenvalue weighted by molar-refractivity contribution is -0.182. The molecule has 0 saturated heterocycles. The number of fused-ring (bicyclic) bond motifs is 1. The smallest absolute Gasteiger partial charge is 0.383 e. The van der Waals surface area contributed by atoms with Crippen LogP contribution in [-0.2, 0) is 5.54 Å². The van der Waals surface area contributed by atoms with Crippen molar-refractivity contribution >= 4 is 22.3 Å². The number of rotatable bonds is 8. The maximum Gasteiger partial charge on any atom is 0.413 e. The van der Waals surface area contributed by atoms with Gasteiger partial charge in [0, 0.05) is 29.2 Å². The van der Waals surface area contributed by atoms with E-state index in [1.54, 1.807) is 12.1 Å². The number of halogens is 3. The molecule has 0 amide bonds. The van der Waals surface area contributed by atoms with Gasteiger partial charge in [0.15, 0.2) is 5.54 Å². The quantitative estimate of drug-likeness (QED) is 0.264. The minimum absolute atomic E-state index is 0.0685. The van der Waals surface area contributed by atoms with Gasteiger partial charge >= 0.3 is 6.18 Å². The molecule has 6 rings (SSSR count). The van der Waals surface area contributed by atoms with Crippen molar-refractivity contribution in [2.45, 2.75) is 77.6 Å². The first-order valence-electron chi connectivity index (χ1n) is 15.2. The van der Waals surface area contributed by atoms with Gasteiger partial charge in [0.1, 0.15) is 17.8 Å². The first-order valence-corrected chi connectivity index (χ1v) is 15.2. The molecule has 1 aromatic carbocycles. The summed E-state index contributed by atoms with van der Waals surface area (Å²) in [7, 11) is 0. The first-order chi connectivity index (χ1) is 21.7. The van der Waals surface area contributed by atoms with E-state index in [-0.39, 0.29) is 23.8 Å². The number of pyridine rings is 1. The van der Waals surface area contributed by atoms with Crippen molar-refractivity contribution in [1.29, 1.82) is 15.8 Å². The van der Waals surface area contributed by atoms with Crippen LogP contribution in [0.5, 0.6) is 0 Å². The largest absolute Gasteiger partial charge is 0.413 e. The number of alkyl halides is 3. The molecule has 2 aromatic heterocycles. The summed E-state index contributed by atoms with van der Waals surface area (Å²) in [6, 6.07) is 9.61. The Labute approximate surface area is 265 Å². The van der Waals surface area contributed by atoms with Crippen LogP contribution in [0.2, 0.25) is 0 Å². The van der Waals surface area contributed by atoms with Crippen LogP contribution >= 0.6 is 0 Å². The number of allylic oxidation sites excluding steroid dienone is 3. The molecule has 2 atom stereocenters. The molecule has 3 aliphatic rings. The summed E-state index contributed by atoms with van der Waals surface area (Å²) >= 11 is 0. The second-order valence-electron chi connectivity index (χ2n) is 14.2. The lowest BCUT2D eigenvalue weighted by atomic mass is 9.70. The Morgan fingerprint density at radius 2 is 1.76 bits per heavy atom. The first kappa shape index (κ1) is 31.1. The minimum atomic E-state index is -4.47. The molecule has 0 spiro atoms. The predicted molar refractivity (Wildman–Crippen MR) is 166 cm³/mol. The van der Waals surface area contributed by atoms with Crippen molar-refractivity contribution in [1.82, 2.24) is 20.0 Å². The molecular formula is C34H34F3N9. The average Bonchev–Trinajstić information content (AvgIpc) is 3.94. The van der Waals surface area contributed by atoms with Crippen LogP contribution in [0.4, 0.5) is 24.5 Å². The summed E-state index contributed by atoms with van der Waals surface area (Å²) in [5.41, 5.74) is -0.106. The molecule has 2 fully saturated rings. The van der Waals surface area contributed by atoms with E-state index < -0.39 is 28.6 Å². The zero-order valence-electron chi connectivity index (χ0n) is 26.1. The van der Waals surface area contributed by atoms with Gasteiger partial charge in [-0.2, -0.15) is 29.0 Å². The lowest BCUT2D eigenvalue weighted by Crippen LogP contribution is -2.35. The molecule has 2 saturated carbocycles. The SMILES string of the molecule is CC(C)(C)CNc1c(C#N)cnc2c(C#N)cc(N[C@H](c3cn(C4(C(F)(F)F)CC4)nn3)C3(C)C=CC=C(C4(C#N)CC4)C3)cc12. The summed E-state index contributed by atoms with van der Waals surface area (Å²) in [5, 5.41) is 45.7. The number of nitriles is 3. The molecule has 0 radical (unpaired) electrons. The Balaban J connectivity index is 1.46. The van der Waals surface area contributed by atoms with E-state index in [9.17, 15) is 29.0 Å². The van der Waals surface area contributed by atoms with Crippen molar-refractivity contribution in [2.75, 3.05) is 17.2 Å². The minimum Gasteiger partial charge on any atom is -0.383 e. The molecule has 3 aromatic rings. The van der Waals surface area contributed by atoms with Gasteiger partial charge < -0.3 is 10.6 Å². The van der Waals surface area contributed by atoms with E-state index in [1.165, 1.54) is 12.4 Å².